The summed E-state index contributed by atoms with van der Waals surface area (Å²) in [6.07, 6.45) is 0. The second-order valence-electron chi connectivity index (χ2n) is 3.38. The Bertz CT molecular complexity index is 387. The average molecular weight is 196 g/mol. The predicted molar refractivity (Wildman–Crippen MR) is 57.1 cm³/mol. The van der Waals surface area contributed by atoms with Crippen LogP contribution in [0.4, 0.5) is 5.69 Å². The van der Waals surface area contributed by atoms with E-state index in [1.165, 1.54) is 0 Å². The summed E-state index contributed by atoms with van der Waals surface area (Å²) in [6.45, 7) is 7.62. The van der Waals surface area contributed by atoms with Crippen LogP contribution < -0.4 is 16.6 Å². The van der Waals surface area contributed by atoms with Crippen molar-refractivity contribution in [2.45, 2.75) is 26.8 Å². The van der Waals surface area contributed by atoms with Gasteiger partial charge < -0.3 is 5.73 Å². The average Bonchev–Trinajstić information content (AvgIpc) is 2.19. The van der Waals surface area contributed by atoms with Crippen LogP contribution in [-0.4, -0.2) is 18.0 Å². The van der Waals surface area contributed by atoms with Gasteiger partial charge in [0.15, 0.2) is 0 Å². The maximum Gasteiger partial charge on any atom is 0.249 e. The van der Waals surface area contributed by atoms with Gasteiger partial charge in [-0.15, -0.1) is 0 Å². The number of rotatable bonds is 4. The summed E-state index contributed by atoms with van der Waals surface area (Å²) in [7, 11) is 0. The second kappa shape index (κ2) is 3.92. The lowest BCUT2D eigenvalue weighted by Gasteiger charge is -2.27. The van der Waals surface area contributed by atoms with Crippen LogP contribution in [0.25, 0.3) is 0 Å². The van der Waals surface area contributed by atoms with Crippen molar-refractivity contribution in [2.24, 2.45) is 0 Å². The molecule has 1 unspecified atom stereocenters. The second-order valence-corrected chi connectivity index (χ2v) is 3.38. The SMILES string of the molecule is CCN(CC)C(C)c1c(N)c(=O)c1=O. The molecule has 0 aliphatic heterocycles. The molecule has 1 aromatic rings. The number of hydrogen-bond acceptors (Lipinski definition) is 4. The summed E-state index contributed by atoms with van der Waals surface area (Å²) >= 11 is 0. The van der Waals surface area contributed by atoms with Crippen LogP contribution in [0.1, 0.15) is 32.4 Å². The third-order valence-electron chi connectivity index (χ3n) is 2.76. The third-order valence-corrected chi connectivity index (χ3v) is 2.76. The minimum atomic E-state index is -0.529. The predicted octanol–water partition coefficient (Wildman–Crippen LogP) is 0.268. The minimum Gasteiger partial charge on any atom is -0.395 e. The molecule has 0 radical (unpaired) electrons. The molecule has 0 heterocycles. The summed E-state index contributed by atoms with van der Waals surface area (Å²) < 4.78 is 0. The van der Waals surface area contributed by atoms with Crippen molar-refractivity contribution in [1.82, 2.24) is 4.90 Å². The smallest absolute Gasteiger partial charge is 0.249 e. The molecule has 0 aliphatic carbocycles. The maximum absolute atomic E-state index is 11.2. The van der Waals surface area contributed by atoms with Gasteiger partial charge in [0.25, 0.3) is 0 Å². The summed E-state index contributed by atoms with van der Waals surface area (Å²) in [5, 5.41) is 0. The molecule has 0 amide bonds. The fourth-order valence-corrected chi connectivity index (χ4v) is 1.80. The molecule has 2 N–H and O–H groups in total. The van der Waals surface area contributed by atoms with E-state index in [0.717, 1.165) is 13.1 Å². The van der Waals surface area contributed by atoms with Crippen molar-refractivity contribution in [3.63, 3.8) is 0 Å². The largest absolute Gasteiger partial charge is 0.395 e. The lowest BCUT2D eigenvalue weighted by Crippen LogP contribution is -2.43. The molecule has 0 saturated heterocycles. The van der Waals surface area contributed by atoms with Crippen molar-refractivity contribution in [3.8, 4) is 0 Å². The van der Waals surface area contributed by atoms with E-state index in [1.54, 1.807) is 0 Å². The molecule has 14 heavy (non-hydrogen) atoms. The Morgan fingerprint density at radius 1 is 1.21 bits per heavy atom. The van der Waals surface area contributed by atoms with E-state index in [2.05, 4.69) is 4.90 Å². The van der Waals surface area contributed by atoms with Crippen LogP contribution in [0.15, 0.2) is 9.59 Å². The number of nitrogen functional groups attached to an aromatic ring is 1. The lowest BCUT2D eigenvalue weighted by molar-refractivity contribution is 0.233. The summed E-state index contributed by atoms with van der Waals surface area (Å²) in [5.74, 6) is 0. The molecule has 0 aromatic heterocycles. The van der Waals surface area contributed by atoms with Gasteiger partial charge in [0.2, 0.25) is 10.9 Å². The molecule has 0 fully saturated rings. The fourth-order valence-electron chi connectivity index (χ4n) is 1.80. The van der Waals surface area contributed by atoms with Gasteiger partial charge in [0.1, 0.15) is 0 Å². The van der Waals surface area contributed by atoms with Crippen molar-refractivity contribution >= 4 is 5.69 Å². The normalized spacial score (nSPS) is 13.7. The first-order valence-electron chi connectivity index (χ1n) is 4.87. The highest BCUT2D eigenvalue weighted by Gasteiger charge is 2.25. The zero-order valence-electron chi connectivity index (χ0n) is 8.83. The highest BCUT2D eigenvalue weighted by atomic mass is 16.2. The van der Waals surface area contributed by atoms with Crippen molar-refractivity contribution in [2.75, 3.05) is 18.8 Å². The Morgan fingerprint density at radius 3 is 2.07 bits per heavy atom. The van der Waals surface area contributed by atoms with Gasteiger partial charge in [-0.25, -0.2) is 0 Å². The molecule has 0 spiro atoms. The molecule has 1 rings (SSSR count). The van der Waals surface area contributed by atoms with Gasteiger partial charge in [0.05, 0.1) is 5.69 Å². The quantitative estimate of drug-likeness (QED) is 0.702. The van der Waals surface area contributed by atoms with Crippen LogP contribution in [0.2, 0.25) is 0 Å². The molecule has 0 aliphatic rings. The standard InChI is InChI=1S/C10H16N2O2/c1-4-12(5-2)6(3)7-8(11)10(14)9(7)13/h6H,4-5,11H2,1-3H3. The zero-order chi connectivity index (χ0) is 10.9. The van der Waals surface area contributed by atoms with E-state index >= 15 is 0 Å². The van der Waals surface area contributed by atoms with Crippen molar-refractivity contribution in [1.29, 1.82) is 0 Å². The van der Waals surface area contributed by atoms with E-state index < -0.39 is 10.9 Å². The van der Waals surface area contributed by atoms with Gasteiger partial charge >= 0.3 is 0 Å². The van der Waals surface area contributed by atoms with E-state index in [1.807, 2.05) is 20.8 Å². The minimum absolute atomic E-state index is 0.0461. The topological polar surface area (TPSA) is 63.4 Å². The monoisotopic (exact) mass is 196 g/mol. The van der Waals surface area contributed by atoms with Crippen molar-refractivity contribution in [3.05, 3.63) is 26.0 Å². The van der Waals surface area contributed by atoms with E-state index in [9.17, 15) is 9.59 Å². The molecule has 78 valence electrons. The molecule has 1 aromatic carbocycles. The lowest BCUT2D eigenvalue weighted by atomic mass is 9.99. The highest BCUT2D eigenvalue weighted by molar-refractivity contribution is 5.53. The highest BCUT2D eigenvalue weighted by Crippen LogP contribution is 2.20. The van der Waals surface area contributed by atoms with Gasteiger partial charge in [-0.3, -0.25) is 14.5 Å². The van der Waals surface area contributed by atoms with Gasteiger partial charge in [-0.2, -0.15) is 0 Å². The molecule has 1 atom stereocenters. The Morgan fingerprint density at radius 2 is 1.71 bits per heavy atom. The van der Waals surface area contributed by atoms with Crippen LogP contribution in [0, 0.1) is 0 Å². The van der Waals surface area contributed by atoms with Crippen LogP contribution in [0.5, 0.6) is 0 Å². The Labute approximate surface area is 83.0 Å². The van der Waals surface area contributed by atoms with Gasteiger partial charge in [-0.05, 0) is 20.0 Å². The van der Waals surface area contributed by atoms with E-state index in [4.69, 9.17) is 5.73 Å². The fraction of sp³-hybridized carbons (Fsp3) is 0.600. The van der Waals surface area contributed by atoms with Gasteiger partial charge in [-0.1, -0.05) is 13.8 Å². The Hall–Kier alpha value is -1.16. The summed E-state index contributed by atoms with van der Waals surface area (Å²) in [4.78, 5) is 24.3. The third kappa shape index (κ3) is 1.46. The molecule has 4 nitrogen and oxygen atoms in total. The van der Waals surface area contributed by atoms with E-state index in [-0.39, 0.29) is 11.7 Å². The van der Waals surface area contributed by atoms with Crippen molar-refractivity contribution < 1.29 is 0 Å². The number of nitrogens with two attached hydrogens (primary N) is 1. The Balaban J connectivity index is 2.96. The van der Waals surface area contributed by atoms with Gasteiger partial charge in [0, 0.05) is 11.6 Å². The first-order valence-corrected chi connectivity index (χ1v) is 4.87. The summed E-state index contributed by atoms with van der Waals surface area (Å²) in [6, 6.07) is -0.0461. The number of hydrogen-bond donors (Lipinski definition) is 1. The van der Waals surface area contributed by atoms with E-state index in [0.29, 0.717) is 5.56 Å². The van der Waals surface area contributed by atoms with Crippen LogP contribution in [-0.2, 0) is 0 Å². The molecule has 4 heteroatoms. The van der Waals surface area contributed by atoms with Crippen LogP contribution >= 0.6 is 0 Å². The number of nitrogens with zero attached hydrogens (tertiary/aromatic N) is 1. The number of anilines is 1. The maximum atomic E-state index is 11.2. The first kappa shape index (κ1) is 10.9. The summed E-state index contributed by atoms with van der Waals surface area (Å²) in [5.41, 5.74) is 5.18. The zero-order valence-corrected chi connectivity index (χ0v) is 8.83. The molecular formula is C10H16N2O2. The van der Waals surface area contributed by atoms with Crippen LogP contribution in [0.3, 0.4) is 0 Å². The molecular weight excluding hydrogens is 180 g/mol. The Kier molecular flexibility index (Phi) is 3.06. The molecule has 0 saturated carbocycles. The first-order chi connectivity index (χ1) is 6.54. The molecule has 0 bridgehead atoms.